The Balaban J connectivity index is 2.07. The van der Waals surface area contributed by atoms with Gasteiger partial charge in [0.15, 0.2) is 0 Å². The van der Waals surface area contributed by atoms with Crippen molar-refractivity contribution in [2.45, 2.75) is 6.54 Å². The molecule has 0 saturated heterocycles. The van der Waals surface area contributed by atoms with Crippen molar-refractivity contribution in [2.75, 3.05) is 11.1 Å². The Labute approximate surface area is 89.7 Å². The number of nitrogens with one attached hydrogen (secondary N) is 2. The Kier molecular flexibility index (Phi) is 2.67. The van der Waals surface area contributed by atoms with Crippen molar-refractivity contribution in [1.82, 2.24) is 15.2 Å². The van der Waals surface area contributed by atoms with Crippen LogP contribution in [0.15, 0.2) is 18.2 Å². The van der Waals surface area contributed by atoms with Crippen molar-refractivity contribution < 1.29 is 8.78 Å². The van der Waals surface area contributed by atoms with Crippen molar-refractivity contribution in [3.63, 3.8) is 0 Å². The standard InChI is InChI=1S/C9H9F2N5/c10-6-1-2-7(11)5(3-6)4-13-9-14-8(12)15-16-9/h1-3H,4H2,(H4,12,13,14,15,16). The molecule has 0 atom stereocenters. The van der Waals surface area contributed by atoms with Crippen LogP contribution in [-0.2, 0) is 6.54 Å². The summed E-state index contributed by atoms with van der Waals surface area (Å²) >= 11 is 0. The minimum Gasteiger partial charge on any atom is -0.368 e. The van der Waals surface area contributed by atoms with E-state index in [0.717, 1.165) is 18.2 Å². The normalized spacial score (nSPS) is 10.4. The molecule has 0 aliphatic heterocycles. The first kappa shape index (κ1) is 10.3. The van der Waals surface area contributed by atoms with E-state index in [1.54, 1.807) is 0 Å². The molecule has 4 N–H and O–H groups in total. The third-order valence-electron chi connectivity index (χ3n) is 1.95. The molecule has 2 rings (SSSR count). The van der Waals surface area contributed by atoms with E-state index in [1.165, 1.54) is 0 Å². The summed E-state index contributed by atoms with van der Waals surface area (Å²) in [4.78, 5) is 3.76. The maximum Gasteiger partial charge on any atom is 0.243 e. The number of aromatic nitrogens is 3. The van der Waals surface area contributed by atoms with Gasteiger partial charge in [-0.15, -0.1) is 5.10 Å². The van der Waals surface area contributed by atoms with Crippen molar-refractivity contribution in [2.24, 2.45) is 0 Å². The van der Waals surface area contributed by atoms with Gasteiger partial charge >= 0.3 is 0 Å². The largest absolute Gasteiger partial charge is 0.368 e. The van der Waals surface area contributed by atoms with E-state index in [9.17, 15) is 8.78 Å². The maximum absolute atomic E-state index is 13.2. The lowest BCUT2D eigenvalue weighted by Gasteiger charge is -2.03. The molecular weight excluding hydrogens is 216 g/mol. The van der Waals surface area contributed by atoms with Crippen molar-refractivity contribution in [3.8, 4) is 0 Å². The molecule has 1 aromatic heterocycles. The highest BCUT2D eigenvalue weighted by molar-refractivity contribution is 5.32. The number of hydrogen-bond donors (Lipinski definition) is 3. The van der Waals surface area contributed by atoms with Crippen LogP contribution in [0, 0.1) is 11.6 Å². The first-order valence-corrected chi connectivity index (χ1v) is 4.51. The second-order valence-electron chi connectivity index (χ2n) is 3.13. The third-order valence-corrected chi connectivity index (χ3v) is 1.95. The van der Waals surface area contributed by atoms with Gasteiger partial charge in [-0.25, -0.2) is 13.9 Å². The monoisotopic (exact) mass is 225 g/mol. The number of nitrogens with two attached hydrogens (primary N) is 1. The van der Waals surface area contributed by atoms with Crippen LogP contribution in [0.3, 0.4) is 0 Å². The Morgan fingerprint density at radius 2 is 2.19 bits per heavy atom. The number of rotatable bonds is 3. The van der Waals surface area contributed by atoms with Crippen molar-refractivity contribution >= 4 is 11.9 Å². The van der Waals surface area contributed by atoms with Gasteiger partial charge in [0.2, 0.25) is 11.9 Å². The van der Waals surface area contributed by atoms with Crippen LogP contribution >= 0.6 is 0 Å². The molecule has 0 spiro atoms. The summed E-state index contributed by atoms with van der Waals surface area (Å²) in [6, 6.07) is 3.24. The average molecular weight is 225 g/mol. The molecule has 0 saturated carbocycles. The minimum absolute atomic E-state index is 0.0842. The molecule has 16 heavy (non-hydrogen) atoms. The second-order valence-corrected chi connectivity index (χ2v) is 3.13. The van der Waals surface area contributed by atoms with Crippen LogP contribution in [0.25, 0.3) is 0 Å². The molecule has 0 bridgehead atoms. The summed E-state index contributed by atoms with van der Waals surface area (Å²) in [7, 11) is 0. The lowest BCUT2D eigenvalue weighted by molar-refractivity contribution is 0.587. The predicted octanol–water partition coefficient (Wildman–Crippen LogP) is 1.28. The molecule has 0 aliphatic carbocycles. The van der Waals surface area contributed by atoms with E-state index < -0.39 is 11.6 Å². The summed E-state index contributed by atoms with van der Waals surface area (Å²) in [5, 5.41) is 8.82. The van der Waals surface area contributed by atoms with Crippen LogP contribution in [0.4, 0.5) is 20.7 Å². The first-order chi connectivity index (χ1) is 7.65. The van der Waals surface area contributed by atoms with E-state index in [4.69, 9.17) is 5.73 Å². The molecule has 0 unspecified atom stereocenters. The summed E-state index contributed by atoms with van der Waals surface area (Å²) < 4.78 is 26.0. The highest BCUT2D eigenvalue weighted by atomic mass is 19.1. The van der Waals surface area contributed by atoms with Crippen molar-refractivity contribution in [3.05, 3.63) is 35.4 Å². The van der Waals surface area contributed by atoms with E-state index in [0.29, 0.717) is 0 Å². The highest BCUT2D eigenvalue weighted by Gasteiger charge is 2.05. The second kappa shape index (κ2) is 4.13. The summed E-state index contributed by atoms with van der Waals surface area (Å²) in [6.45, 7) is 0.0842. The van der Waals surface area contributed by atoms with Gasteiger partial charge in [-0.05, 0) is 18.2 Å². The van der Waals surface area contributed by atoms with Gasteiger partial charge in [0.05, 0.1) is 0 Å². The van der Waals surface area contributed by atoms with Crippen LogP contribution in [-0.4, -0.2) is 15.2 Å². The number of H-pyrrole nitrogens is 1. The van der Waals surface area contributed by atoms with Crippen LogP contribution < -0.4 is 11.1 Å². The van der Waals surface area contributed by atoms with Gasteiger partial charge in [0.1, 0.15) is 11.6 Å². The molecule has 0 fully saturated rings. The molecule has 0 aliphatic rings. The number of hydrogen-bond acceptors (Lipinski definition) is 4. The molecule has 7 heteroatoms. The van der Waals surface area contributed by atoms with Crippen LogP contribution in [0.2, 0.25) is 0 Å². The average Bonchev–Trinajstić information content (AvgIpc) is 2.66. The minimum atomic E-state index is -0.493. The molecule has 5 nitrogen and oxygen atoms in total. The van der Waals surface area contributed by atoms with Gasteiger partial charge in [-0.2, -0.15) is 4.98 Å². The molecule has 0 amide bonds. The van der Waals surface area contributed by atoms with E-state index >= 15 is 0 Å². The van der Waals surface area contributed by atoms with Crippen LogP contribution in [0.1, 0.15) is 5.56 Å². The number of halogens is 2. The zero-order chi connectivity index (χ0) is 11.5. The van der Waals surface area contributed by atoms with Gasteiger partial charge in [-0.1, -0.05) is 0 Å². The van der Waals surface area contributed by atoms with E-state index in [2.05, 4.69) is 20.5 Å². The topological polar surface area (TPSA) is 79.6 Å². The summed E-state index contributed by atoms with van der Waals surface area (Å²) in [6.07, 6.45) is 0. The zero-order valence-electron chi connectivity index (χ0n) is 8.17. The van der Waals surface area contributed by atoms with Gasteiger partial charge in [0, 0.05) is 12.1 Å². The summed E-state index contributed by atoms with van der Waals surface area (Å²) in [5.74, 6) is -0.589. The smallest absolute Gasteiger partial charge is 0.243 e. The lowest BCUT2D eigenvalue weighted by Crippen LogP contribution is -2.03. The fraction of sp³-hybridized carbons (Fsp3) is 0.111. The number of nitrogen functional groups attached to an aromatic ring is 1. The highest BCUT2D eigenvalue weighted by Crippen LogP contribution is 2.11. The fourth-order valence-corrected chi connectivity index (χ4v) is 1.21. The molecular formula is C9H9F2N5. The number of benzene rings is 1. The fourth-order valence-electron chi connectivity index (χ4n) is 1.21. The Hall–Kier alpha value is -2.18. The predicted molar refractivity (Wildman–Crippen MR) is 54.5 cm³/mol. The first-order valence-electron chi connectivity index (χ1n) is 4.51. The van der Waals surface area contributed by atoms with E-state index in [-0.39, 0.29) is 24.0 Å². The number of aromatic amines is 1. The maximum atomic E-state index is 13.2. The van der Waals surface area contributed by atoms with E-state index in [1.807, 2.05) is 0 Å². The molecule has 1 heterocycles. The molecule has 1 aromatic carbocycles. The number of anilines is 2. The number of nitrogens with zero attached hydrogens (tertiary/aromatic N) is 2. The zero-order valence-corrected chi connectivity index (χ0v) is 8.17. The molecule has 2 aromatic rings. The van der Waals surface area contributed by atoms with Gasteiger partial charge < -0.3 is 11.1 Å². The van der Waals surface area contributed by atoms with Crippen LogP contribution in [0.5, 0.6) is 0 Å². The third kappa shape index (κ3) is 2.25. The molecule has 84 valence electrons. The Morgan fingerprint density at radius 3 is 2.88 bits per heavy atom. The lowest BCUT2D eigenvalue weighted by atomic mass is 10.2. The SMILES string of the molecule is Nc1nc(NCc2cc(F)ccc2F)n[nH]1. The molecule has 0 radical (unpaired) electrons. The van der Waals surface area contributed by atoms with Gasteiger partial charge in [-0.3, -0.25) is 0 Å². The summed E-state index contributed by atoms with van der Waals surface area (Å²) in [5.41, 5.74) is 5.50. The Morgan fingerprint density at radius 1 is 1.38 bits per heavy atom. The van der Waals surface area contributed by atoms with Gasteiger partial charge in [0.25, 0.3) is 0 Å². The van der Waals surface area contributed by atoms with Crippen molar-refractivity contribution in [1.29, 1.82) is 0 Å². The Bertz CT molecular complexity index is 496. The quantitative estimate of drug-likeness (QED) is 0.735.